The molecule has 3 aromatic rings. The van der Waals surface area contributed by atoms with Gasteiger partial charge < -0.3 is 20.3 Å². The first kappa shape index (κ1) is 12.2. The Labute approximate surface area is 109 Å². The van der Waals surface area contributed by atoms with Gasteiger partial charge in [0, 0.05) is 21.8 Å². The maximum Gasteiger partial charge on any atom is 0.107 e. The number of aliphatic hydroxyl groups is 3. The summed E-state index contributed by atoms with van der Waals surface area (Å²) in [6.07, 6.45) is -2.25. The lowest BCUT2D eigenvalue weighted by molar-refractivity contribution is -0.0152. The van der Waals surface area contributed by atoms with Crippen LogP contribution in [-0.2, 0) is 0 Å². The molecule has 98 valence electrons. The zero-order valence-electron chi connectivity index (χ0n) is 10.2. The van der Waals surface area contributed by atoms with Crippen molar-refractivity contribution < 1.29 is 15.3 Å². The molecule has 0 fully saturated rings. The van der Waals surface area contributed by atoms with Crippen molar-refractivity contribution in [1.29, 1.82) is 0 Å². The first-order valence-corrected chi connectivity index (χ1v) is 6.18. The number of aliphatic hydroxyl groups excluding tert-OH is 3. The molecule has 4 N–H and O–H groups in total. The van der Waals surface area contributed by atoms with Crippen LogP contribution in [0.4, 0.5) is 0 Å². The largest absolute Gasteiger partial charge is 0.394 e. The van der Waals surface area contributed by atoms with Crippen molar-refractivity contribution in [3.8, 4) is 0 Å². The van der Waals surface area contributed by atoms with E-state index in [2.05, 4.69) is 4.98 Å². The van der Waals surface area contributed by atoms with Gasteiger partial charge in [-0.3, -0.25) is 0 Å². The summed E-state index contributed by atoms with van der Waals surface area (Å²) in [6, 6.07) is 13.5. The first-order valence-electron chi connectivity index (χ1n) is 6.18. The van der Waals surface area contributed by atoms with E-state index in [9.17, 15) is 10.2 Å². The van der Waals surface area contributed by atoms with Crippen LogP contribution in [0.15, 0.2) is 42.5 Å². The normalized spacial score (nSPS) is 14.9. The van der Waals surface area contributed by atoms with Crippen LogP contribution in [0.2, 0.25) is 0 Å². The van der Waals surface area contributed by atoms with E-state index in [0.717, 1.165) is 21.8 Å². The lowest BCUT2D eigenvalue weighted by Crippen LogP contribution is -2.21. The number of para-hydroxylation sites is 1. The maximum absolute atomic E-state index is 9.90. The number of aromatic nitrogens is 1. The van der Waals surface area contributed by atoms with Crippen LogP contribution >= 0.6 is 0 Å². The third-order valence-electron chi connectivity index (χ3n) is 3.42. The topological polar surface area (TPSA) is 76.5 Å². The molecule has 1 aromatic heterocycles. The molecule has 0 bridgehead atoms. The number of hydrogen-bond donors (Lipinski definition) is 4. The number of H-pyrrole nitrogens is 1. The van der Waals surface area contributed by atoms with Crippen LogP contribution in [0, 0.1) is 0 Å². The van der Waals surface area contributed by atoms with Crippen molar-refractivity contribution in [3.63, 3.8) is 0 Å². The molecule has 4 heteroatoms. The van der Waals surface area contributed by atoms with E-state index in [1.165, 1.54) is 0 Å². The number of aromatic amines is 1. The summed E-state index contributed by atoms with van der Waals surface area (Å²) in [6.45, 7) is -0.466. The van der Waals surface area contributed by atoms with Crippen LogP contribution in [0.5, 0.6) is 0 Å². The predicted octanol–water partition coefficient (Wildman–Crippen LogP) is 1.71. The second-order valence-corrected chi connectivity index (χ2v) is 4.67. The molecular weight excluding hydrogens is 242 g/mol. The van der Waals surface area contributed by atoms with E-state index in [-0.39, 0.29) is 0 Å². The Morgan fingerprint density at radius 1 is 0.947 bits per heavy atom. The van der Waals surface area contributed by atoms with Crippen molar-refractivity contribution in [1.82, 2.24) is 4.98 Å². The summed E-state index contributed by atoms with van der Waals surface area (Å²) in [7, 11) is 0. The molecule has 0 aliphatic heterocycles. The monoisotopic (exact) mass is 257 g/mol. The summed E-state index contributed by atoms with van der Waals surface area (Å²) in [5.74, 6) is 0. The van der Waals surface area contributed by atoms with Gasteiger partial charge in [0.25, 0.3) is 0 Å². The number of nitrogens with one attached hydrogen (secondary N) is 1. The Hall–Kier alpha value is -1.88. The minimum Gasteiger partial charge on any atom is -0.394 e. The highest BCUT2D eigenvalue weighted by Crippen LogP contribution is 2.28. The van der Waals surface area contributed by atoms with Gasteiger partial charge in [0.2, 0.25) is 0 Å². The maximum atomic E-state index is 9.90. The minimum atomic E-state index is -1.16. The Morgan fingerprint density at radius 3 is 2.47 bits per heavy atom. The van der Waals surface area contributed by atoms with Gasteiger partial charge in [-0.1, -0.05) is 30.3 Å². The van der Waals surface area contributed by atoms with Gasteiger partial charge in [-0.15, -0.1) is 0 Å². The Bertz CT molecular complexity index is 720. The smallest absolute Gasteiger partial charge is 0.107 e. The van der Waals surface area contributed by atoms with Crippen LogP contribution in [0.1, 0.15) is 11.7 Å². The molecule has 0 saturated heterocycles. The Balaban J connectivity index is 2.13. The quantitative estimate of drug-likeness (QED) is 0.577. The standard InChI is InChI=1S/C15H15NO3/c17-8-14(18)15(19)9-5-6-11-10-3-1-2-4-12(10)16-13(11)7-9/h1-7,14-19H,8H2. The zero-order valence-corrected chi connectivity index (χ0v) is 10.2. The fraction of sp³-hybridized carbons (Fsp3) is 0.200. The fourth-order valence-corrected chi connectivity index (χ4v) is 2.38. The molecule has 2 atom stereocenters. The summed E-state index contributed by atoms with van der Waals surface area (Å²) in [4.78, 5) is 3.27. The van der Waals surface area contributed by atoms with Crippen molar-refractivity contribution in [3.05, 3.63) is 48.0 Å². The van der Waals surface area contributed by atoms with Gasteiger partial charge in [-0.25, -0.2) is 0 Å². The van der Waals surface area contributed by atoms with Gasteiger partial charge in [0.05, 0.1) is 6.61 Å². The summed E-state index contributed by atoms with van der Waals surface area (Å²) < 4.78 is 0. The van der Waals surface area contributed by atoms with Crippen molar-refractivity contribution >= 4 is 21.8 Å². The highest BCUT2D eigenvalue weighted by atomic mass is 16.4. The average molecular weight is 257 g/mol. The second kappa shape index (κ2) is 4.66. The molecule has 1 heterocycles. The molecule has 0 radical (unpaired) electrons. The van der Waals surface area contributed by atoms with Crippen molar-refractivity contribution in [2.45, 2.75) is 12.2 Å². The molecular formula is C15H15NO3. The number of rotatable bonds is 3. The molecule has 0 aliphatic rings. The van der Waals surface area contributed by atoms with Gasteiger partial charge in [-0.05, 0) is 17.7 Å². The van der Waals surface area contributed by atoms with Gasteiger partial charge in [0.15, 0.2) is 0 Å². The van der Waals surface area contributed by atoms with E-state index in [0.29, 0.717) is 5.56 Å². The van der Waals surface area contributed by atoms with Crippen molar-refractivity contribution in [2.24, 2.45) is 0 Å². The van der Waals surface area contributed by atoms with Gasteiger partial charge >= 0.3 is 0 Å². The van der Waals surface area contributed by atoms with E-state index in [1.807, 2.05) is 30.3 Å². The zero-order chi connectivity index (χ0) is 13.4. The molecule has 0 amide bonds. The Kier molecular flexibility index (Phi) is 2.98. The number of fused-ring (bicyclic) bond motifs is 3. The summed E-state index contributed by atoms with van der Waals surface area (Å²) in [5, 5.41) is 30.5. The third-order valence-corrected chi connectivity index (χ3v) is 3.42. The van der Waals surface area contributed by atoms with Crippen LogP contribution < -0.4 is 0 Å². The molecule has 0 aliphatic carbocycles. The average Bonchev–Trinajstić information content (AvgIpc) is 2.83. The van der Waals surface area contributed by atoms with Crippen LogP contribution in [0.25, 0.3) is 21.8 Å². The number of benzene rings is 2. The molecule has 2 unspecified atom stereocenters. The fourth-order valence-electron chi connectivity index (χ4n) is 2.38. The SMILES string of the molecule is OCC(O)C(O)c1ccc2c(c1)[nH]c1ccccc12. The minimum absolute atomic E-state index is 0.466. The van der Waals surface area contributed by atoms with Crippen LogP contribution in [-0.4, -0.2) is 33.0 Å². The van der Waals surface area contributed by atoms with E-state index in [1.54, 1.807) is 12.1 Å². The molecule has 4 nitrogen and oxygen atoms in total. The highest BCUT2D eigenvalue weighted by molar-refractivity contribution is 6.07. The van der Waals surface area contributed by atoms with Gasteiger partial charge in [-0.2, -0.15) is 0 Å². The lowest BCUT2D eigenvalue weighted by atomic mass is 10.0. The Morgan fingerprint density at radius 2 is 1.68 bits per heavy atom. The molecule has 3 rings (SSSR count). The summed E-state index contributed by atoms with van der Waals surface area (Å²) >= 11 is 0. The van der Waals surface area contributed by atoms with E-state index >= 15 is 0 Å². The number of hydrogen-bond acceptors (Lipinski definition) is 3. The lowest BCUT2D eigenvalue weighted by Gasteiger charge is -2.15. The van der Waals surface area contributed by atoms with Crippen LogP contribution in [0.3, 0.4) is 0 Å². The molecule has 0 saturated carbocycles. The third kappa shape index (κ3) is 2.00. The summed E-state index contributed by atoms with van der Waals surface area (Å²) in [5.41, 5.74) is 2.52. The highest BCUT2D eigenvalue weighted by Gasteiger charge is 2.18. The molecule has 2 aromatic carbocycles. The van der Waals surface area contributed by atoms with E-state index in [4.69, 9.17) is 5.11 Å². The second-order valence-electron chi connectivity index (χ2n) is 4.67. The first-order chi connectivity index (χ1) is 9.20. The molecule has 19 heavy (non-hydrogen) atoms. The van der Waals surface area contributed by atoms with Gasteiger partial charge in [0.1, 0.15) is 12.2 Å². The van der Waals surface area contributed by atoms with Crippen molar-refractivity contribution in [2.75, 3.05) is 6.61 Å². The molecule has 0 spiro atoms. The van der Waals surface area contributed by atoms with E-state index < -0.39 is 18.8 Å². The predicted molar refractivity (Wildman–Crippen MR) is 73.9 cm³/mol.